The van der Waals surface area contributed by atoms with E-state index in [1.54, 1.807) is 11.8 Å². The summed E-state index contributed by atoms with van der Waals surface area (Å²) in [5.74, 6) is -0.232. The molecule has 1 saturated heterocycles. The van der Waals surface area contributed by atoms with Crippen LogP contribution in [0.1, 0.15) is 13.3 Å². The van der Waals surface area contributed by atoms with Gasteiger partial charge in [0.05, 0.1) is 18.0 Å². The minimum absolute atomic E-state index is 0.127. The van der Waals surface area contributed by atoms with E-state index in [0.717, 1.165) is 15.4 Å². The number of carbonyl (C=O) groups is 2. The first-order valence-corrected chi connectivity index (χ1v) is 8.14. The van der Waals surface area contributed by atoms with Gasteiger partial charge < -0.3 is 10.4 Å². The first-order valence-electron chi connectivity index (χ1n) is 7.35. The van der Waals surface area contributed by atoms with E-state index in [1.807, 2.05) is 18.2 Å². The predicted molar refractivity (Wildman–Crippen MR) is 88.9 cm³/mol. The Kier molecular flexibility index (Phi) is 4.36. The molecule has 23 heavy (non-hydrogen) atoms. The van der Waals surface area contributed by atoms with Crippen LogP contribution < -0.4 is 10.2 Å². The lowest BCUT2D eigenvalue weighted by molar-refractivity contribution is -0.127. The van der Waals surface area contributed by atoms with Gasteiger partial charge in [0.25, 0.3) is 0 Å². The lowest BCUT2D eigenvalue weighted by Crippen LogP contribution is -2.40. The molecule has 8 heteroatoms. The molecule has 2 atom stereocenters. The van der Waals surface area contributed by atoms with Crippen molar-refractivity contribution in [2.24, 2.45) is 5.92 Å². The third-order valence-corrected chi connectivity index (χ3v) is 4.41. The molecule has 0 unspecified atom stereocenters. The summed E-state index contributed by atoms with van der Waals surface area (Å²) in [5.41, 5.74) is 0.823. The number of H-pyrrole nitrogens is 1. The van der Waals surface area contributed by atoms with Crippen molar-refractivity contribution in [1.82, 2.24) is 15.5 Å². The van der Waals surface area contributed by atoms with Gasteiger partial charge in [-0.15, -0.1) is 0 Å². The van der Waals surface area contributed by atoms with Crippen molar-refractivity contribution in [2.45, 2.75) is 19.4 Å². The number of aliphatic hydroxyl groups excluding tert-OH is 1. The fourth-order valence-corrected chi connectivity index (χ4v) is 3.04. The van der Waals surface area contributed by atoms with Crippen LogP contribution in [0.5, 0.6) is 0 Å². The molecule has 0 spiro atoms. The first-order chi connectivity index (χ1) is 11.0. The zero-order valence-electron chi connectivity index (χ0n) is 12.5. The van der Waals surface area contributed by atoms with E-state index in [9.17, 15) is 9.59 Å². The lowest BCUT2D eigenvalue weighted by Gasteiger charge is -2.16. The van der Waals surface area contributed by atoms with E-state index in [2.05, 4.69) is 31.4 Å². The van der Waals surface area contributed by atoms with Crippen LogP contribution in [0.25, 0.3) is 10.9 Å². The van der Waals surface area contributed by atoms with E-state index in [1.165, 1.54) is 0 Å². The van der Waals surface area contributed by atoms with Gasteiger partial charge in [0.2, 0.25) is 11.8 Å². The maximum absolute atomic E-state index is 12.3. The molecule has 0 aliphatic carbocycles. The zero-order valence-corrected chi connectivity index (χ0v) is 14.1. The topological polar surface area (TPSA) is 98.3 Å². The van der Waals surface area contributed by atoms with Crippen LogP contribution in [0.4, 0.5) is 5.82 Å². The number of hydrogen-bond acceptors (Lipinski definition) is 4. The molecular formula is C15H17BrN4O3. The van der Waals surface area contributed by atoms with E-state index < -0.39 is 5.92 Å². The third kappa shape index (κ3) is 3.09. The molecule has 3 rings (SSSR count). The van der Waals surface area contributed by atoms with Crippen molar-refractivity contribution in [3.63, 3.8) is 0 Å². The molecule has 0 saturated carbocycles. The Balaban J connectivity index is 1.81. The number of halogens is 1. The molecule has 122 valence electrons. The molecule has 1 aromatic heterocycles. The Morgan fingerprint density at radius 1 is 1.61 bits per heavy atom. The lowest BCUT2D eigenvalue weighted by atomic mass is 10.1. The van der Waals surface area contributed by atoms with Crippen molar-refractivity contribution < 1.29 is 14.7 Å². The van der Waals surface area contributed by atoms with E-state index >= 15 is 0 Å². The van der Waals surface area contributed by atoms with Crippen LogP contribution in [0.2, 0.25) is 0 Å². The first kappa shape index (κ1) is 15.9. The summed E-state index contributed by atoms with van der Waals surface area (Å²) < 4.78 is 0.920. The minimum atomic E-state index is -0.432. The molecule has 1 aromatic carbocycles. The van der Waals surface area contributed by atoms with Gasteiger partial charge in [-0.2, -0.15) is 5.10 Å². The summed E-state index contributed by atoms with van der Waals surface area (Å²) >= 11 is 3.39. The zero-order chi connectivity index (χ0) is 16.6. The second-order valence-corrected chi connectivity index (χ2v) is 6.65. The standard InChI is InChI=1S/C15H17BrN4O3/c1-8(7-21)17-15(23)9-4-13(22)20(6-9)14-11-3-2-10(16)5-12(11)18-19-14/h2-3,5,8-9,21H,4,6-7H2,1H3,(H,17,23)(H,18,19)/t8-,9+/m0/s1. The summed E-state index contributed by atoms with van der Waals surface area (Å²) in [5, 5.41) is 19.7. The minimum Gasteiger partial charge on any atom is -0.394 e. The highest BCUT2D eigenvalue weighted by molar-refractivity contribution is 9.10. The second kappa shape index (κ2) is 6.29. The molecule has 1 aliphatic rings. The van der Waals surface area contributed by atoms with Gasteiger partial charge in [0.1, 0.15) is 0 Å². The highest BCUT2D eigenvalue weighted by Crippen LogP contribution is 2.31. The Labute approximate surface area is 141 Å². The van der Waals surface area contributed by atoms with Crippen molar-refractivity contribution in [3.05, 3.63) is 22.7 Å². The van der Waals surface area contributed by atoms with Gasteiger partial charge in [-0.3, -0.25) is 19.6 Å². The number of benzene rings is 1. The number of aliphatic hydroxyl groups is 1. The largest absolute Gasteiger partial charge is 0.394 e. The van der Waals surface area contributed by atoms with Gasteiger partial charge in [-0.25, -0.2) is 0 Å². The summed E-state index contributed by atoms with van der Waals surface area (Å²) in [4.78, 5) is 26.0. The Bertz CT molecular complexity index is 760. The maximum atomic E-state index is 12.3. The molecule has 7 nitrogen and oxygen atoms in total. The Morgan fingerprint density at radius 2 is 2.39 bits per heavy atom. The molecule has 0 radical (unpaired) electrons. The SMILES string of the molecule is C[C@@H](CO)NC(=O)[C@@H]1CC(=O)N(c2n[nH]c3cc(Br)ccc23)C1. The van der Waals surface area contributed by atoms with Crippen molar-refractivity contribution >= 4 is 44.5 Å². The molecule has 2 heterocycles. The van der Waals surface area contributed by atoms with Crippen LogP contribution in [-0.4, -0.2) is 46.3 Å². The van der Waals surface area contributed by atoms with Crippen molar-refractivity contribution in [3.8, 4) is 0 Å². The monoisotopic (exact) mass is 380 g/mol. The van der Waals surface area contributed by atoms with Crippen molar-refractivity contribution in [1.29, 1.82) is 0 Å². The van der Waals surface area contributed by atoms with Crippen molar-refractivity contribution in [2.75, 3.05) is 18.1 Å². The number of aromatic amines is 1. The number of carbonyl (C=O) groups excluding carboxylic acids is 2. The molecule has 2 aromatic rings. The van der Waals surface area contributed by atoms with Crippen LogP contribution in [0.15, 0.2) is 22.7 Å². The summed E-state index contributed by atoms with van der Waals surface area (Å²) in [6.45, 7) is 1.87. The summed E-state index contributed by atoms with van der Waals surface area (Å²) in [6.07, 6.45) is 0.148. The number of rotatable bonds is 4. The summed E-state index contributed by atoms with van der Waals surface area (Å²) in [6, 6.07) is 5.33. The van der Waals surface area contributed by atoms with E-state index in [0.29, 0.717) is 12.4 Å². The number of aromatic nitrogens is 2. The average Bonchev–Trinajstić information content (AvgIpc) is 3.09. The Morgan fingerprint density at radius 3 is 3.13 bits per heavy atom. The average molecular weight is 381 g/mol. The molecule has 3 N–H and O–H groups in total. The maximum Gasteiger partial charge on any atom is 0.229 e. The van der Waals surface area contributed by atoms with E-state index in [4.69, 9.17) is 5.11 Å². The smallest absolute Gasteiger partial charge is 0.229 e. The normalized spacial score (nSPS) is 19.3. The van der Waals surface area contributed by atoms with Gasteiger partial charge >= 0.3 is 0 Å². The number of hydrogen-bond donors (Lipinski definition) is 3. The fourth-order valence-electron chi connectivity index (χ4n) is 2.68. The highest BCUT2D eigenvalue weighted by Gasteiger charge is 2.37. The van der Waals surface area contributed by atoms with Gasteiger partial charge in [-0.1, -0.05) is 15.9 Å². The predicted octanol–water partition coefficient (Wildman–Crippen LogP) is 1.18. The number of amides is 2. The fraction of sp³-hybridized carbons (Fsp3) is 0.400. The molecule has 2 amide bonds. The van der Waals surface area contributed by atoms with Crippen LogP contribution in [-0.2, 0) is 9.59 Å². The summed E-state index contributed by atoms with van der Waals surface area (Å²) in [7, 11) is 0. The number of anilines is 1. The van der Waals surface area contributed by atoms with Crippen LogP contribution in [0.3, 0.4) is 0 Å². The van der Waals surface area contributed by atoms with Crippen LogP contribution >= 0.6 is 15.9 Å². The molecule has 1 fully saturated rings. The number of nitrogens with one attached hydrogen (secondary N) is 2. The molecular weight excluding hydrogens is 364 g/mol. The van der Waals surface area contributed by atoms with Gasteiger partial charge in [0, 0.05) is 28.9 Å². The van der Waals surface area contributed by atoms with Gasteiger partial charge in [0.15, 0.2) is 5.82 Å². The van der Waals surface area contributed by atoms with Crippen LogP contribution in [0, 0.1) is 5.92 Å². The van der Waals surface area contributed by atoms with Gasteiger partial charge in [-0.05, 0) is 25.1 Å². The molecule has 0 bridgehead atoms. The second-order valence-electron chi connectivity index (χ2n) is 5.73. The number of fused-ring (bicyclic) bond motifs is 1. The highest BCUT2D eigenvalue weighted by atomic mass is 79.9. The number of nitrogens with zero attached hydrogens (tertiary/aromatic N) is 2. The van der Waals surface area contributed by atoms with E-state index in [-0.39, 0.29) is 30.9 Å². The quantitative estimate of drug-likeness (QED) is 0.741. The third-order valence-electron chi connectivity index (χ3n) is 3.92. The Hall–Kier alpha value is -1.93. The molecule has 1 aliphatic heterocycles.